The van der Waals surface area contributed by atoms with Gasteiger partial charge in [0.1, 0.15) is 6.07 Å². The summed E-state index contributed by atoms with van der Waals surface area (Å²) < 4.78 is 13.5. The molecule has 0 radical (unpaired) electrons. The molecular weight excluding hydrogens is 237 g/mol. The van der Waals surface area contributed by atoms with Crippen molar-refractivity contribution in [2.75, 3.05) is 0 Å². The van der Waals surface area contributed by atoms with Gasteiger partial charge in [-0.25, -0.2) is 4.39 Å². The second-order valence-corrected chi connectivity index (χ2v) is 4.55. The summed E-state index contributed by atoms with van der Waals surface area (Å²) >= 11 is 0. The number of nitrogens with zero attached hydrogens (tertiary/aromatic N) is 1. The van der Waals surface area contributed by atoms with Gasteiger partial charge in [-0.3, -0.25) is 4.79 Å². The van der Waals surface area contributed by atoms with Crippen molar-refractivity contribution in [2.45, 2.75) is 25.2 Å². The van der Waals surface area contributed by atoms with Gasteiger partial charge in [0, 0.05) is 0 Å². The first kappa shape index (κ1) is 12.4. The molecule has 1 aromatic carbocycles. The number of rotatable bonds is 4. The maximum Gasteiger partial charge on any atom is 0.303 e. The topological polar surface area (TPSA) is 81.3 Å². The number of phenolic OH excluding ortho intramolecular Hbond substituents is 1. The fraction of sp³-hybridized carbons (Fsp3) is 0.385. The fourth-order valence-electron chi connectivity index (χ4n) is 2.16. The van der Waals surface area contributed by atoms with E-state index in [4.69, 9.17) is 10.4 Å². The molecule has 0 heterocycles. The monoisotopic (exact) mass is 249 g/mol. The molecule has 1 unspecified atom stereocenters. The molecule has 0 spiro atoms. The van der Waals surface area contributed by atoms with Gasteiger partial charge in [-0.05, 0) is 42.4 Å². The van der Waals surface area contributed by atoms with Gasteiger partial charge in [0.25, 0.3) is 0 Å². The van der Waals surface area contributed by atoms with Crippen LogP contribution in [0.4, 0.5) is 4.39 Å². The molecule has 0 bridgehead atoms. The second-order valence-electron chi connectivity index (χ2n) is 4.55. The Hall–Kier alpha value is -2.09. The fourth-order valence-corrected chi connectivity index (χ4v) is 2.16. The number of phenols is 1. The highest BCUT2D eigenvalue weighted by molar-refractivity contribution is 5.68. The van der Waals surface area contributed by atoms with E-state index in [0.29, 0.717) is 5.56 Å². The van der Waals surface area contributed by atoms with E-state index in [1.54, 1.807) is 6.07 Å². The van der Waals surface area contributed by atoms with Crippen LogP contribution in [0.3, 0.4) is 0 Å². The Kier molecular flexibility index (Phi) is 3.19. The van der Waals surface area contributed by atoms with Crippen LogP contribution in [-0.4, -0.2) is 16.2 Å². The van der Waals surface area contributed by atoms with Crippen molar-refractivity contribution < 1.29 is 19.4 Å². The number of carboxylic acid groups (broad SMARTS) is 1. The van der Waals surface area contributed by atoms with E-state index in [1.807, 2.05) is 0 Å². The molecule has 1 aliphatic carbocycles. The molecule has 1 atom stereocenters. The van der Waals surface area contributed by atoms with Crippen molar-refractivity contribution in [1.82, 2.24) is 0 Å². The van der Waals surface area contributed by atoms with Crippen molar-refractivity contribution in [3.05, 3.63) is 29.1 Å². The number of benzene rings is 1. The van der Waals surface area contributed by atoms with E-state index in [0.717, 1.165) is 18.9 Å². The Balaban J connectivity index is 2.39. The predicted octanol–water partition coefficient (Wildman–Crippen LogP) is 2.37. The molecule has 1 fully saturated rings. The first-order chi connectivity index (χ1) is 8.52. The zero-order valence-corrected chi connectivity index (χ0v) is 9.56. The minimum Gasteiger partial charge on any atom is -0.504 e. The molecule has 2 N–H and O–H groups in total. The SMILES string of the molecule is N#Cc1cc(C(CC(=O)O)C2CC2)cc(F)c1O. The largest absolute Gasteiger partial charge is 0.504 e. The van der Waals surface area contributed by atoms with E-state index in [9.17, 15) is 14.3 Å². The van der Waals surface area contributed by atoms with Gasteiger partial charge in [0.2, 0.25) is 0 Å². The molecule has 0 saturated heterocycles. The zero-order valence-electron chi connectivity index (χ0n) is 9.56. The summed E-state index contributed by atoms with van der Waals surface area (Å²) in [4.78, 5) is 10.8. The van der Waals surface area contributed by atoms with E-state index in [2.05, 4.69) is 0 Å². The van der Waals surface area contributed by atoms with E-state index in [-0.39, 0.29) is 23.8 Å². The molecule has 5 heteroatoms. The van der Waals surface area contributed by atoms with Gasteiger partial charge in [0.15, 0.2) is 11.6 Å². The molecule has 0 aliphatic heterocycles. The smallest absolute Gasteiger partial charge is 0.303 e. The van der Waals surface area contributed by atoms with Gasteiger partial charge in [-0.2, -0.15) is 5.26 Å². The summed E-state index contributed by atoms with van der Waals surface area (Å²) in [5, 5.41) is 27.0. The van der Waals surface area contributed by atoms with Crippen LogP contribution in [0, 0.1) is 23.1 Å². The highest BCUT2D eigenvalue weighted by Gasteiger charge is 2.34. The molecule has 4 nitrogen and oxygen atoms in total. The Labute approximate surface area is 103 Å². The lowest BCUT2D eigenvalue weighted by Crippen LogP contribution is -2.09. The number of nitriles is 1. The van der Waals surface area contributed by atoms with E-state index < -0.39 is 17.5 Å². The predicted molar refractivity (Wildman–Crippen MR) is 60.5 cm³/mol. The van der Waals surface area contributed by atoms with Crippen LogP contribution in [0.2, 0.25) is 0 Å². The van der Waals surface area contributed by atoms with E-state index in [1.165, 1.54) is 6.07 Å². The number of carbonyl (C=O) groups is 1. The van der Waals surface area contributed by atoms with Crippen LogP contribution in [0.1, 0.15) is 36.3 Å². The van der Waals surface area contributed by atoms with Crippen molar-refractivity contribution in [3.8, 4) is 11.8 Å². The standard InChI is InChI=1S/C13H12FNO3/c14-11-4-8(3-9(6-15)13(11)18)10(5-12(16)17)7-1-2-7/h3-4,7,10,18H,1-2,5H2,(H,16,17). The van der Waals surface area contributed by atoms with Crippen LogP contribution >= 0.6 is 0 Å². The molecule has 1 aliphatic rings. The zero-order chi connectivity index (χ0) is 13.3. The van der Waals surface area contributed by atoms with Gasteiger partial charge in [-0.15, -0.1) is 0 Å². The second kappa shape index (κ2) is 4.65. The number of hydrogen-bond acceptors (Lipinski definition) is 3. The Bertz CT molecular complexity index is 532. The summed E-state index contributed by atoms with van der Waals surface area (Å²) in [5.41, 5.74) is 0.327. The lowest BCUT2D eigenvalue weighted by Gasteiger charge is -2.15. The minimum atomic E-state index is -0.945. The normalized spacial score (nSPS) is 16.0. The van der Waals surface area contributed by atoms with Crippen LogP contribution in [0.15, 0.2) is 12.1 Å². The van der Waals surface area contributed by atoms with Crippen molar-refractivity contribution in [1.29, 1.82) is 5.26 Å². The first-order valence-corrected chi connectivity index (χ1v) is 5.67. The average molecular weight is 249 g/mol. The third-order valence-electron chi connectivity index (χ3n) is 3.22. The lowest BCUT2D eigenvalue weighted by molar-refractivity contribution is -0.137. The highest BCUT2D eigenvalue weighted by Crippen LogP contribution is 2.45. The first-order valence-electron chi connectivity index (χ1n) is 5.67. The Morgan fingerprint density at radius 3 is 2.72 bits per heavy atom. The van der Waals surface area contributed by atoms with Crippen LogP contribution in [0.25, 0.3) is 0 Å². The molecule has 0 amide bonds. The molecular formula is C13H12FNO3. The molecule has 0 aromatic heterocycles. The van der Waals surface area contributed by atoms with Gasteiger partial charge < -0.3 is 10.2 Å². The number of hydrogen-bond donors (Lipinski definition) is 2. The van der Waals surface area contributed by atoms with Gasteiger partial charge in [0.05, 0.1) is 12.0 Å². The minimum absolute atomic E-state index is 0.0836. The van der Waals surface area contributed by atoms with Crippen molar-refractivity contribution >= 4 is 5.97 Å². The summed E-state index contributed by atoms with van der Waals surface area (Å²) in [6.45, 7) is 0. The summed E-state index contributed by atoms with van der Waals surface area (Å²) in [6, 6.07) is 4.21. The Morgan fingerprint density at radius 1 is 1.56 bits per heavy atom. The number of aromatic hydroxyl groups is 1. The number of halogens is 1. The molecule has 1 saturated carbocycles. The highest BCUT2D eigenvalue weighted by atomic mass is 19.1. The third kappa shape index (κ3) is 2.43. The number of aliphatic carboxylic acids is 1. The maximum atomic E-state index is 13.5. The summed E-state index contributed by atoms with van der Waals surface area (Å²) in [7, 11) is 0. The van der Waals surface area contributed by atoms with Crippen molar-refractivity contribution in [3.63, 3.8) is 0 Å². The van der Waals surface area contributed by atoms with Gasteiger partial charge in [-0.1, -0.05) is 0 Å². The lowest BCUT2D eigenvalue weighted by atomic mass is 9.90. The van der Waals surface area contributed by atoms with Crippen LogP contribution in [0.5, 0.6) is 5.75 Å². The Morgan fingerprint density at radius 2 is 2.22 bits per heavy atom. The summed E-state index contributed by atoms with van der Waals surface area (Å²) in [5.74, 6) is -2.55. The van der Waals surface area contributed by atoms with E-state index >= 15 is 0 Å². The molecule has 94 valence electrons. The molecule has 2 rings (SSSR count). The number of carboxylic acids is 1. The summed E-state index contributed by atoms with van der Waals surface area (Å²) in [6.07, 6.45) is 1.75. The van der Waals surface area contributed by atoms with Crippen LogP contribution in [-0.2, 0) is 4.79 Å². The van der Waals surface area contributed by atoms with Crippen LogP contribution < -0.4 is 0 Å². The molecule has 1 aromatic rings. The average Bonchev–Trinajstić information content (AvgIpc) is 3.13. The quantitative estimate of drug-likeness (QED) is 0.858. The third-order valence-corrected chi connectivity index (χ3v) is 3.22. The maximum absolute atomic E-state index is 13.5. The van der Waals surface area contributed by atoms with Gasteiger partial charge >= 0.3 is 5.97 Å². The van der Waals surface area contributed by atoms with Crippen molar-refractivity contribution in [2.24, 2.45) is 5.92 Å². The molecule has 18 heavy (non-hydrogen) atoms.